The molecule has 1 N–H and O–H groups in total. The van der Waals surface area contributed by atoms with Gasteiger partial charge in [0, 0.05) is 55.0 Å². The van der Waals surface area contributed by atoms with Crippen molar-refractivity contribution in [3.63, 3.8) is 0 Å². The van der Waals surface area contributed by atoms with Crippen LogP contribution >= 0.6 is 0 Å². The molecule has 1 fully saturated rings. The van der Waals surface area contributed by atoms with Crippen LogP contribution < -0.4 is 10.1 Å². The highest BCUT2D eigenvalue weighted by molar-refractivity contribution is 5.88. The molecule has 1 aliphatic heterocycles. The summed E-state index contributed by atoms with van der Waals surface area (Å²) in [7, 11) is 4.04. The van der Waals surface area contributed by atoms with Gasteiger partial charge in [0.2, 0.25) is 0 Å². The molecule has 0 aliphatic carbocycles. The number of likely N-dealkylation sites (tertiary alicyclic amines) is 1. The van der Waals surface area contributed by atoms with Crippen LogP contribution in [0.1, 0.15) is 24.0 Å². The first-order valence-electron chi connectivity index (χ1n) is 11.2. The van der Waals surface area contributed by atoms with Gasteiger partial charge in [0.25, 0.3) is 0 Å². The topological polar surface area (TPSA) is 93.9 Å². The normalized spacial score (nSPS) is 14.4. The maximum Gasteiger partial charge on any atom is 0.163 e. The van der Waals surface area contributed by atoms with Gasteiger partial charge >= 0.3 is 0 Å². The van der Waals surface area contributed by atoms with Crippen LogP contribution in [0.15, 0.2) is 36.8 Å². The van der Waals surface area contributed by atoms with Gasteiger partial charge in [-0.3, -0.25) is 0 Å². The molecular weight excluding hydrogens is 416 g/mol. The van der Waals surface area contributed by atoms with Crippen molar-refractivity contribution in [1.82, 2.24) is 34.6 Å². The SMILES string of the molecule is CCOc1cc(-c2nncn2C)ccc1Cc1ncc2cc(C)nc(NC3CN(C)C3)c2n1. The molecule has 0 bridgehead atoms. The fraction of sp³-hybridized carbons (Fsp3) is 0.375. The van der Waals surface area contributed by atoms with E-state index in [-0.39, 0.29) is 0 Å². The lowest BCUT2D eigenvalue weighted by atomic mass is 10.1. The van der Waals surface area contributed by atoms with Gasteiger partial charge in [0.05, 0.1) is 12.6 Å². The summed E-state index contributed by atoms with van der Waals surface area (Å²) in [5, 5.41) is 12.7. The first-order chi connectivity index (χ1) is 16.0. The number of benzene rings is 1. The van der Waals surface area contributed by atoms with Crippen LogP contribution in [-0.4, -0.2) is 67.4 Å². The Kier molecular flexibility index (Phi) is 5.63. The molecule has 1 aromatic carbocycles. The molecule has 5 rings (SSSR count). The van der Waals surface area contributed by atoms with Gasteiger partial charge in [-0.15, -0.1) is 10.2 Å². The van der Waals surface area contributed by atoms with Crippen molar-refractivity contribution in [2.75, 3.05) is 32.1 Å². The van der Waals surface area contributed by atoms with Crippen LogP contribution in [0.3, 0.4) is 0 Å². The molecule has 33 heavy (non-hydrogen) atoms. The standard InChI is InChI=1S/C24H28N8O/c1-5-33-20-9-17(24-30-26-14-32(24)4)7-6-16(20)10-21-25-11-18-8-15(2)27-23(22(18)29-21)28-19-12-31(3)13-19/h6-9,11,14,19H,5,10,12-13H2,1-4H3,(H,27,28). The average molecular weight is 445 g/mol. The van der Waals surface area contributed by atoms with E-state index in [1.165, 1.54) is 0 Å². The van der Waals surface area contributed by atoms with Gasteiger partial charge in [0.1, 0.15) is 23.4 Å². The van der Waals surface area contributed by atoms with Crippen LogP contribution in [0.25, 0.3) is 22.3 Å². The monoisotopic (exact) mass is 444 g/mol. The molecule has 4 heterocycles. The Bertz CT molecular complexity index is 1300. The number of ether oxygens (including phenoxy) is 1. The number of hydrogen-bond donors (Lipinski definition) is 1. The lowest BCUT2D eigenvalue weighted by molar-refractivity contribution is 0.205. The molecule has 9 heteroatoms. The molecular formula is C24H28N8O. The first kappa shape index (κ1) is 21.3. The molecule has 1 saturated heterocycles. The second kappa shape index (κ2) is 8.74. The molecule has 0 radical (unpaired) electrons. The highest BCUT2D eigenvalue weighted by atomic mass is 16.5. The minimum atomic E-state index is 0.392. The summed E-state index contributed by atoms with van der Waals surface area (Å²) in [6.45, 7) is 6.56. The number of nitrogens with zero attached hydrogens (tertiary/aromatic N) is 7. The summed E-state index contributed by atoms with van der Waals surface area (Å²) in [6, 6.07) is 8.52. The van der Waals surface area contributed by atoms with Crippen molar-refractivity contribution in [3.05, 3.63) is 53.9 Å². The maximum atomic E-state index is 5.96. The number of nitrogens with one attached hydrogen (secondary N) is 1. The third kappa shape index (κ3) is 4.36. The first-order valence-corrected chi connectivity index (χ1v) is 11.2. The number of pyridine rings is 1. The van der Waals surface area contributed by atoms with Crippen molar-refractivity contribution < 1.29 is 4.74 Å². The fourth-order valence-electron chi connectivity index (χ4n) is 4.22. The molecule has 4 aromatic rings. The van der Waals surface area contributed by atoms with Crippen LogP contribution in [0.5, 0.6) is 5.75 Å². The Morgan fingerprint density at radius 3 is 2.73 bits per heavy atom. The number of aromatic nitrogens is 6. The van der Waals surface area contributed by atoms with E-state index in [2.05, 4.69) is 38.5 Å². The Labute approximate surface area is 192 Å². The van der Waals surface area contributed by atoms with Crippen LogP contribution in [-0.2, 0) is 13.5 Å². The third-order valence-electron chi connectivity index (χ3n) is 5.83. The van der Waals surface area contributed by atoms with E-state index >= 15 is 0 Å². The second-order valence-corrected chi connectivity index (χ2v) is 8.60. The van der Waals surface area contributed by atoms with Crippen LogP contribution in [0, 0.1) is 6.92 Å². The van der Waals surface area contributed by atoms with Gasteiger partial charge in [-0.2, -0.15) is 0 Å². The van der Waals surface area contributed by atoms with E-state index in [1.807, 2.05) is 49.9 Å². The molecule has 9 nitrogen and oxygen atoms in total. The molecule has 170 valence electrons. The summed E-state index contributed by atoms with van der Waals surface area (Å²) in [4.78, 5) is 16.5. The number of anilines is 1. The third-order valence-corrected chi connectivity index (χ3v) is 5.83. The minimum Gasteiger partial charge on any atom is -0.494 e. The van der Waals surface area contributed by atoms with Crippen molar-refractivity contribution in [1.29, 1.82) is 0 Å². The molecule has 0 saturated carbocycles. The Hall–Kier alpha value is -3.59. The highest BCUT2D eigenvalue weighted by Gasteiger charge is 2.24. The van der Waals surface area contributed by atoms with E-state index in [0.717, 1.165) is 64.0 Å². The van der Waals surface area contributed by atoms with E-state index < -0.39 is 0 Å². The van der Waals surface area contributed by atoms with Crippen molar-refractivity contribution in [2.24, 2.45) is 7.05 Å². The zero-order valence-corrected chi connectivity index (χ0v) is 19.4. The lowest BCUT2D eigenvalue weighted by Gasteiger charge is -2.37. The number of hydrogen-bond acceptors (Lipinski definition) is 8. The largest absolute Gasteiger partial charge is 0.494 e. The maximum absolute atomic E-state index is 5.96. The van der Waals surface area contributed by atoms with Gasteiger partial charge < -0.3 is 19.5 Å². The summed E-state index contributed by atoms with van der Waals surface area (Å²) in [6.07, 6.45) is 4.14. The molecule has 3 aromatic heterocycles. The van der Waals surface area contributed by atoms with E-state index in [1.54, 1.807) is 6.33 Å². The van der Waals surface area contributed by atoms with E-state index in [4.69, 9.17) is 14.7 Å². The van der Waals surface area contributed by atoms with E-state index in [0.29, 0.717) is 19.1 Å². The molecule has 0 unspecified atom stereocenters. The molecule has 1 aliphatic rings. The van der Waals surface area contributed by atoms with Crippen molar-refractivity contribution in [2.45, 2.75) is 26.3 Å². The van der Waals surface area contributed by atoms with Gasteiger partial charge in [0.15, 0.2) is 11.6 Å². The molecule has 0 atom stereocenters. The van der Waals surface area contributed by atoms with Gasteiger partial charge in [-0.1, -0.05) is 12.1 Å². The predicted molar refractivity (Wildman–Crippen MR) is 127 cm³/mol. The lowest BCUT2D eigenvalue weighted by Crippen LogP contribution is -2.52. The zero-order chi connectivity index (χ0) is 22.9. The quantitative estimate of drug-likeness (QED) is 0.465. The number of rotatable bonds is 7. The summed E-state index contributed by atoms with van der Waals surface area (Å²) in [5.41, 5.74) is 3.79. The second-order valence-electron chi connectivity index (χ2n) is 8.60. The molecule has 0 amide bonds. The smallest absolute Gasteiger partial charge is 0.163 e. The van der Waals surface area contributed by atoms with Crippen molar-refractivity contribution >= 4 is 16.7 Å². The number of likely N-dealkylation sites (N-methyl/N-ethyl adjacent to an activating group) is 1. The van der Waals surface area contributed by atoms with Crippen LogP contribution in [0.4, 0.5) is 5.82 Å². The minimum absolute atomic E-state index is 0.392. The van der Waals surface area contributed by atoms with E-state index in [9.17, 15) is 0 Å². The number of fused-ring (bicyclic) bond motifs is 1. The average Bonchev–Trinajstić information content (AvgIpc) is 3.20. The van der Waals surface area contributed by atoms with Crippen LogP contribution in [0.2, 0.25) is 0 Å². The van der Waals surface area contributed by atoms with Gasteiger partial charge in [-0.25, -0.2) is 15.0 Å². The predicted octanol–water partition coefficient (Wildman–Crippen LogP) is 2.84. The number of aryl methyl sites for hydroxylation is 2. The van der Waals surface area contributed by atoms with Gasteiger partial charge in [-0.05, 0) is 33.0 Å². The Morgan fingerprint density at radius 2 is 2.00 bits per heavy atom. The Morgan fingerprint density at radius 1 is 1.15 bits per heavy atom. The Balaban J connectivity index is 1.47. The summed E-state index contributed by atoms with van der Waals surface area (Å²) >= 11 is 0. The van der Waals surface area contributed by atoms with Crippen molar-refractivity contribution in [3.8, 4) is 17.1 Å². The fourth-order valence-corrected chi connectivity index (χ4v) is 4.22. The summed E-state index contributed by atoms with van der Waals surface area (Å²) < 4.78 is 7.85. The zero-order valence-electron chi connectivity index (χ0n) is 19.4. The summed E-state index contributed by atoms with van der Waals surface area (Å²) in [5.74, 6) is 3.16. The molecule has 0 spiro atoms. The highest BCUT2D eigenvalue weighted by Crippen LogP contribution is 2.29.